The molecule has 0 aliphatic rings. The number of hydrogen-bond acceptors (Lipinski definition) is 4. The lowest BCUT2D eigenvalue weighted by atomic mass is 10.2. The highest BCUT2D eigenvalue weighted by Crippen LogP contribution is 2.15. The van der Waals surface area contributed by atoms with Crippen LogP contribution in [0.5, 0.6) is 5.75 Å². The predicted molar refractivity (Wildman–Crippen MR) is 78.3 cm³/mol. The third kappa shape index (κ3) is 3.93. The van der Waals surface area contributed by atoms with E-state index in [2.05, 4.69) is 0 Å². The summed E-state index contributed by atoms with van der Waals surface area (Å²) in [5.74, 6) is 0.239. The number of amides is 1. The number of carbonyl (C=O) groups excluding carboxylic acids is 2. The van der Waals surface area contributed by atoms with Crippen molar-refractivity contribution in [2.45, 2.75) is 12.8 Å². The molecule has 2 rings (SSSR count). The number of nitrogens with two attached hydrogens (primary N) is 1. The molecule has 0 spiro atoms. The fraction of sp³-hybridized carbons (Fsp3) is 0.200. The molecule has 20 heavy (non-hydrogen) atoms. The summed E-state index contributed by atoms with van der Waals surface area (Å²) in [4.78, 5) is 23.6. The maximum absolute atomic E-state index is 11.8. The molecule has 5 heteroatoms. The van der Waals surface area contributed by atoms with Crippen molar-refractivity contribution in [1.29, 1.82) is 0 Å². The SMILES string of the molecule is NC(=O)c1cccc(OCCCC(=O)c2cccs2)c1. The van der Waals surface area contributed by atoms with Crippen LogP contribution in [0.3, 0.4) is 0 Å². The van der Waals surface area contributed by atoms with Gasteiger partial charge in [0.1, 0.15) is 5.75 Å². The van der Waals surface area contributed by atoms with Crippen molar-refractivity contribution in [3.63, 3.8) is 0 Å². The van der Waals surface area contributed by atoms with E-state index in [9.17, 15) is 9.59 Å². The van der Waals surface area contributed by atoms with Crippen molar-refractivity contribution >= 4 is 23.0 Å². The molecule has 0 aliphatic carbocycles. The van der Waals surface area contributed by atoms with Crippen LogP contribution in [-0.2, 0) is 0 Å². The number of thiophene rings is 1. The highest BCUT2D eigenvalue weighted by Gasteiger charge is 2.06. The second-order valence-corrected chi connectivity index (χ2v) is 5.19. The molecule has 4 nitrogen and oxygen atoms in total. The maximum Gasteiger partial charge on any atom is 0.248 e. The van der Waals surface area contributed by atoms with Gasteiger partial charge in [-0.3, -0.25) is 9.59 Å². The molecule has 0 saturated heterocycles. The van der Waals surface area contributed by atoms with Crippen LogP contribution in [0.2, 0.25) is 0 Å². The topological polar surface area (TPSA) is 69.4 Å². The Morgan fingerprint density at radius 3 is 2.75 bits per heavy atom. The van der Waals surface area contributed by atoms with Crippen molar-refractivity contribution in [3.05, 3.63) is 52.2 Å². The standard InChI is InChI=1S/C15H15NO3S/c16-15(18)11-4-1-5-12(10-11)19-8-2-6-13(17)14-7-3-9-20-14/h1,3-5,7,9-10H,2,6,8H2,(H2,16,18). The van der Waals surface area contributed by atoms with E-state index in [4.69, 9.17) is 10.5 Å². The number of ether oxygens (including phenoxy) is 1. The van der Waals surface area contributed by atoms with Crippen LogP contribution in [0.15, 0.2) is 41.8 Å². The first kappa shape index (κ1) is 14.3. The van der Waals surface area contributed by atoms with E-state index in [-0.39, 0.29) is 5.78 Å². The Balaban J connectivity index is 1.77. The quantitative estimate of drug-likeness (QED) is 0.629. The first-order chi connectivity index (χ1) is 9.66. The minimum atomic E-state index is -0.483. The highest BCUT2D eigenvalue weighted by molar-refractivity contribution is 7.12. The lowest BCUT2D eigenvalue weighted by Gasteiger charge is -2.06. The third-order valence-electron chi connectivity index (χ3n) is 2.73. The van der Waals surface area contributed by atoms with Gasteiger partial charge in [-0.25, -0.2) is 0 Å². The summed E-state index contributed by atoms with van der Waals surface area (Å²) < 4.78 is 5.51. The number of ketones is 1. The molecule has 2 aromatic rings. The van der Waals surface area contributed by atoms with E-state index in [0.717, 1.165) is 4.88 Å². The fourth-order valence-corrected chi connectivity index (χ4v) is 2.42. The molecule has 1 heterocycles. The average Bonchev–Trinajstić information content (AvgIpc) is 2.98. The van der Waals surface area contributed by atoms with E-state index in [0.29, 0.717) is 30.8 Å². The van der Waals surface area contributed by atoms with E-state index in [1.807, 2.05) is 17.5 Å². The van der Waals surface area contributed by atoms with Crippen LogP contribution < -0.4 is 10.5 Å². The Labute approximate surface area is 121 Å². The summed E-state index contributed by atoms with van der Waals surface area (Å²) in [5.41, 5.74) is 5.61. The molecular formula is C15H15NO3S. The Kier molecular flexibility index (Phi) is 4.90. The first-order valence-corrected chi connectivity index (χ1v) is 7.14. The van der Waals surface area contributed by atoms with Gasteiger partial charge < -0.3 is 10.5 Å². The van der Waals surface area contributed by atoms with Gasteiger partial charge in [0.2, 0.25) is 5.91 Å². The molecule has 0 fully saturated rings. The molecule has 1 aromatic carbocycles. The molecular weight excluding hydrogens is 274 g/mol. The molecule has 1 amide bonds. The normalized spacial score (nSPS) is 10.2. The van der Waals surface area contributed by atoms with Gasteiger partial charge in [0.15, 0.2) is 5.78 Å². The number of rotatable bonds is 7. The predicted octanol–water partition coefficient (Wildman–Crippen LogP) is 2.89. The Bertz CT molecular complexity index is 593. The monoisotopic (exact) mass is 289 g/mol. The molecule has 1 aromatic heterocycles. The maximum atomic E-state index is 11.8. The number of Topliss-reactive ketones (excluding diaryl/α,β-unsaturated/α-hetero) is 1. The van der Waals surface area contributed by atoms with Gasteiger partial charge >= 0.3 is 0 Å². The largest absolute Gasteiger partial charge is 0.494 e. The van der Waals surface area contributed by atoms with Crippen LogP contribution in [0.4, 0.5) is 0 Å². The van der Waals surface area contributed by atoms with Crippen molar-refractivity contribution in [2.24, 2.45) is 5.73 Å². The Hall–Kier alpha value is -2.14. The lowest BCUT2D eigenvalue weighted by Crippen LogP contribution is -2.11. The molecule has 0 radical (unpaired) electrons. The number of hydrogen-bond donors (Lipinski definition) is 1. The van der Waals surface area contributed by atoms with Gasteiger partial charge in [-0.05, 0) is 36.1 Å². The van der Waals surface area contributed by atoms with Crippen LogP contribution in [-0.4, -0.2) is 18.3 Å². The molecule has 0 bridgehead atoms. The van der Waals surface area contributed by atoms with Gasteiger partial charge in [0, 0.05) is 12.0 Å². The van der Waals surface area contributed by atoms with Gasteiger partial charge in [0.05, 0.1) is 11.5 Å². The van der Waals surface area contributed by atoms with Crippen LogP contribution in [0.1, 0.15) is 32.9 Å². The third-order valence-corrected chi connectivity index (χ3v) is 3.64. The molecule has 0 saturated carbocycles. The number of benzene rings is 1. The second-order valence-electron chi connectivity index (χ2n) is 4.24. The smallest absolute Gasteiger partial charge is 0.248 e. The van der Waals surface area contributed by atoms with E-state index in [1.165, 1.54) is 11.3 Å². The molecule has 2 N–H and O–H groups in total. The van der Waals surface area contributed by atoms with Crippen LogP contribution >= 0.6 is 11.3 Å². The average molecular weight is 289 g/mol. The zero-order valence-corrected chi connectivity index (χ0v) is 11.7. The van der Waals surface area contributed by atoms with Gasteiger partial charge in [0.25, 0.3) is 0 Å². The van der Waals surface area contributed by atoms with Crippen LogP contribution in [0, 0.1) is 0 Å². The van der Waals surface area contributed by atoms with E-state index >= 15 is 0 Å². The zero-order valence-electron chi connectivity index (χ0n) is 10.9. The summed E-state index contributed by atoms with van der Waals surface area (Å²) in [6.45, 7) is 0.430. The minimum Gasteiger partial charge on any atom is -0.494 e. The first-order valence-electron chi connectivity index (χ1n) is 6.26. The molecule has 0 unspecified atom stereocenters. The summed E-state index contributed by atoms with van der Waals surface area (Å²) in [5, 5.41) is 1.89. The van der Waals surface area contributed by atoms with Gasteiger partial charge in [-0.2, -0.15) is 0 Å². The Morgan fingerprint density at radius 2 is 2.05 bits per heavy atom. The Morgan fingerprint density at radius 1 is 1.20 bits per heavy atom. The lowest BCUT2D eigenvalue weighted by molar-refractivity contribution is 0.0976. The van der Waals surface area contributed by atoms with Crippen molar-refractivity contribution in [1.82, 2.24) is 0 Å². The van der Waals surface area contributed by atoms with Crippen molar-refractivity contribution < 1.29 is 14.3 Å². The van der Waals surface area contributed by atoms with E-state index in [1.54, 1.807) is 24.3 Å². The van der Waals surface area contributed by atoms with Crippen LogP contribution in [0.25, 0.3) is 0 Å². The van der Waals surface area contributed by atoms with Crippen molar-refractivity contribution in [3.8, 4) is 5.75 Å². The highest BCUT2D eigenvalue weighted by atomic mass is 32.1. The van der Waals surface area contributed by atoms with E-state index < -0.39 is 5.91 Å². The molecule has 0 aliphatic heterocycles. The second kappa shape index (κ2) is 6.86. The minimum absolute atomic E-state index is 0.134. The fourth-order valence-electron chi connectivity index (χ4n) is 1.72. The van der Waals surface area contributed by atoms with Gasteiger partial charge in [-0.15, -0.1) is 11.3 Å². The zero-order chi connectivity index (χ0) is 14.4. The van der Waals surface area contributed by atoms with Gasteiger partial charge in [-0.1, -0.05) is 12.1 Å². The van der Waals surface area contributed by atoms with Crippen molar-refractivity contribution in [2.75, 3.05) is 6.61 Å². The summed E-state index contributed by atoms with van der Waals surface area (Å²) in [7, 11) is 0. The summed E-state index contributed by atoms with van der Waals surface area (Å²) in [6.07, 6.45) is 1.09. The number of primary amides is 1. The number of carbonyl (C=O) groups is 2. The summed E-state index contributed by atoms with van der Waals surface area (Å²) >= 11 is 1.45. The summed E-state index contributed by atoms with van der Waals surface area (Å²) in [6, 6.07) is 10.4. The molecule has 0 atom stereocenters. The molecule has 104 valence electrons.